The van der Waals surface area contributed by atoms with Crippen LogP contribution < -0.4 is 0 Å². The Morgan fingerprint density at radius 2 is 2.19 bits per heavy atom. The minimum absolute atomic E-state index is 0.0561. The predicted molar refractivity (Wildman–Crippen MR) is 54.1 cm³/mol. The molecule has 5 heteroatoms. The molecule has 0 saturated heterocycles. The van der Waals surface area contributed by atoms with Gasteiger partial charge < -0.3 is 0 Å². The van der Waals surface area contributed by atoms with E-state index in [1.165, 1.54) is 12.1 Å². The van der Waals surface area contributed by atoms with Gasteiger partial charge in [-0.15, -0.1) is 0 Å². The van der Waals surface area contributed by atoms with Gasteiger partial charge in [-0.3, -0.25) is 10.1 Å². The van der Waals surface area contributed by atoms with Gasteiger partial charge in [0.2, 0.25) is 0 Å². The summed E-state index contributed by atoms with van der Waals surface area (Å²) in [5.74, 6) is -0.811. The summed E-state index contributed by atoms with van der Waals surface area (Å²) >= 11 is 0. The van der Waals surface area contributed by atoms with E-state index in [-0.39, 0.29) is 17.5 Å². The zero-order chi connectivity index (χ0) is 11.7. The number of hydrogen-bond acceptors (Lipinski definition) is 3. The molecule has 0 heterocycles. The predicted octanol–water partition coefficient (Wildman–Crippen LogP) is 2.75. The number of nitrogens with zero attached hydrogens (tertiary/aromatic N) is 2. The number of non-ortho nitro benzene ring substituents is 1. The highest BCUT2D eigenvalue weighted by atomic mass is 19.1. The Labute approximate surface area is 91.5 Å². The van der Waals surface area contributed by atoms with Crippen LogP contribution in [-0.4, -0.2) is 4.92 Å². The van der Waals surface area contributed by atoms with E-state index in [9.17, 15) is 14.5 Å². The highest BCUT2D eigenvalue weighted by Crippen LogP contribution is 2.42. The van der Waals surface area contributed by atoms with Crippen LogP contribution in [0.15, 0.2) is 18.2 Å². The molecule has 0 bridgehead atoms. The number of nitro groups is 1. The zero-order valence-electron chi connectivity index (χ0n) is 8.39. The fraction of sp³-hybridized carbons (Fsp3) is 0.364. The van der Waals surface area contributed by atoms with Crippen LogP contribution in [0.1, 0.15) is 24.3 Å². The topological polar surface area (TPSA) is 66.9 Å². The summed E-state index contributed by atoms with van der Waals surface area (Å²) in [4.78, 5) is 9.94. The van der Waals surface area contributed by atoms with Crippen molar-refractivity contribution >= 4 is 5.69 Å². The summed E-state index contributed by atoms with van der Waals surface area (Å²) in [6, 6.07) is 5.66. The maximum Gasteiger partial charge on any atom is 0.272 e. The van der Waals surface area contributed by atoms with E-state index >= 15 is 0 Å². The second kappa shape index (κ2) is 3.89. The fourth-order valence-corrected chi connectivity index (χ4v) is 1.97. The zero-order valence-corrected chi connectivity index (χ0v) is 8.39. The van der Waals surface area contributed by atoms with Gasteiger partial charge in [-0.1, -0.05) is 0 Å². The Morgan fingerprint density at radius 3 is 2.69 bits per heavy atom. The van der Waals surface area contributed by atoms with Gasteiger partial charge in [-0.2, -0.15) is 5.26 Å². The molecule has 16 heavy (non-hydrogen) atoms. The third kappa shape index (κ3) is 1.74. The minimum atomic E-state index is -0.618. The van der Waals surface area contributed by atoms with Crippen LogP contribution in [0.2, 0.25) is 0 Å². The largest absolute Gasteiger partial charge is 0.272 e. The molecule has 1 aromatic rings. The van der Waals surface area contributed by atoms with Gasteiger partial charge in [0, 0.05) is 12.0 Å². The Balaban J connectivity index is 2.35. The average molecular weight is 220 g/mol. The number of rotatable bonds is 2. The van der Waals surface area contributed by atoms with Crippen LogP contribution in [0.4, 0.5) is 10.1 Å². The molecule has 0 amide bonds. The third-order valence-electron chi connectivity index (χ3n) is 2.98. The van der Waals surface area contributed by atoms with Gasteiger partial charge in [0.1, 0.15) is 5.82 Å². The number of halogens is 1. The summed E-state index contributed by atoms with van der Waals surface area (Å²) in [5, 5.41) is 19.3. The second-order valence-corrected chi connectivity index (χ2v) is 3.92. The molecule has 4 nitrogen and oxygen atoms in total. The quantitative estimate of drug-likeness (QED) is 0.568. The number of nitro benzene ring substituents is 1. The van der Waals surface area contributed by atoms with Crippen molar-refractivity contribution < 1.29 is 9.31 Å². The van der Waals surface area contributed by atoms with Gasteiger partial charge in [0.25, 0.3) is 5.69 Å². The van der Waals surface area contributed by atoms with Crippen LogP contribution in [0.25, 0.3) is 0 Å². The lowest BCUT2D eigenvalue weighted by Gasteiger charge is -2.31. The average Bonchev–Trinajstić information content (AvgIpc) is 2.15. The van der Waals surface area contributed by atoms with Crippen molar-refractivity contribution in [2.75, 3.05) is 0 Å². The Kier molecular flexibility index (Phi) is 2.57. The van der Waals surface area contributed by atoms with E-state index in [1.807, 2.05) is 0 Å². The molecule has 2 unspecified atom stereocenters. The molecule has 0 aliphatic heterocycles. The fourth-order valence-electron chi connectivity index (χ4n) is 1.97. The lowest BCUT2D eigenvalue weighted by atomic mass is 9.71. The van der Waals surface area contributed by atoms with Gasteiger partial charge >= 0.3 is 0 Å². The first-order valence-electron chi connectivity index (χ1n) is 4.96. The van der Waals surface area contributed by atoms with Gasteiger partial charge in [0.15, 0.2) is 0 Å². The molecule has 1 fully saturated rings. The van der Waals surface area contributed by atoms with Crippen LogP contribution in [0.5, 0.6) is 0 Å². The van der Waals surface area contributed by atoms with Crippen molar-refractivity contribution in [2.24, 2.45) is 5.92 Å². The Morgan fingerprint density at radius 1 is 1.44 bits per heavy atom. The molecule has 0 radical (unpaired) electrons. The van der Waals surface area contributed by atoms with E-state index in [1.54, 1.807) is 0 Å². The first-order valence-corrected chi connectivity index (χ1v) is 4.96. The Bertz CT molecular complexity index is 481. The van der Waals surface area contributed by atoms with Crippen LogP contribution in [0.3, 0.4) is 0 Å². The van der Waals surface area contributed by atoms with E-state index in [0.29, 0.717) is 5.56 Å². The lowest BCUT2D eigenvalue weighted by molar-refractivity contribution is -0.385. The van der Waals surface area contributed by atoms with Crippen LogP contribution >= 0.6 is 0 Å². The second-order valence-electron chi connectivity index (χ2n) is 3.92. The first-order chi connectivity index (χ1) is 7.61. The first kappa shape index (κ1) is 10.6. The van der Waals surface area contributed by atoms with Crippen molar-refractivity contribution in [3.8, 4) is 6.07 Å². The third-order valence-corrected chi connectivity index (χ3v) is 2.98. The van der Waals surface area contributed by atoms with Crippen molar-refractivity contribution in [2.45, 2.75) is 18.8 Å². The summed E-state index contributed by atoms with van der Waals surface area (Å²) in [7, 11) is 0. The highest BCUT2D eigenvalue weighted by Gasteiger charge is 2.33. The van der Waals surface area contributed by atoms with E-state index in [2.05, 4.69) is 6.07 Å². The molecule has 0 spiro atoms. The minimum Gasteiger partial charge on any atom is -0.258 e. The molecule has 0 aromatic heterocycles. The Hall–Kier alpha value is -1.96. The van der Waals surface area contributed by atoms with E-state index < -0.39 is 10.7 Å². The van der Waals surface area contributed by atoms with Crippen molar-refractivity contribution in [3.63, 3.8) is 0 Å². The van der Waals surface area contributed by atoms with Gasteiger partial charge in [-0.25, -0.2) is 4.39 Å². The summed E-state index contributed by atoms with van der Waals surface area (Å²) in [6.45, 7) is 0. The molecule has 1 aromatic carbocycles. The van der Waals surface area contributed by atoms with Crippen molar-refractivity contribution in [1.82, 2.24) is 0 Å². The van der Waals surface area contributed by atoms with E-state index in [0.717, 1.165) is 18.9 Å². The monoisotopic (exact) mass is 220 g/mol. The SMILES string of the molecule is N#CC1CCC1c1cc(F)cc([N+](=O)[O-])c1. The molecule has 1 aliphatic rings. The smallest absolute Gasteiger partial charge is 0.258 e. The van der Waals surface area contributed by atoms with E-state index in [4.69, 9.17) is 5.26 Å². The van der Waals surface area contributed by atoms with Gasteiger partial charge in [-0.05, 0) is 24.5 Å². The number of hydrogen-bond donors (Lipinski definition) is 0. The molecule has 1 saturated carbocycles. The van der Waals surface area contributed by atoms with Crippen LogP contribution in [-0.2, 0) is 0 Å². The molecular weight excluding hydrogens is 211 g/mol. The lowest BCUT2D eigenvalue weighted by Crippen LogP contribution is -2.22. The van der Waals surface area contributed by atoms with Crippen LogP contribution in [0, 0.1) is 33.2 Å². The standard InChI is InChI=1S/C11H9FN2O2/c12-9-3-8(4-10(5-9)14(15)16)11-2-1-7(11)6-13/h3-5,7,11H,1-2H2. The molecule has 1 aliphatic carbocycles. The summed E-state index contributed by atoms with van der Waals surface area (Å²) in [5.41, 5.74) is 0.308. The number of benzene rings is 1. The summed E-state index contributed by atoms with van der Waals surface area (Å²) < 4.78 is 13.2. The normalized spacial score (nSPS) is 23.2. The summed E-state index contributed by atoms with van der Waals surface area (Å²) in [6.07, 6.45) is 1.57. The molecule has 82 valence electrons. The van der Waals surface area contributed by atoms with Crippen molar-refractivity contribution in [1.29, 1.82) is 5.26 Å². The maximum atomic E-state index is 13.2. The van der Waals surface area contributed by atoms with Crippen molar-refractivity contribution in [3.05, 3.63) is 39.7 Å². The molecule has 2 rings (SSSR count). The molecule has 0 N–H and O–H groups in total. The molecular formula is C11H9FN2O2. The highest BCUT2D eigenvalue weighted by molar-refractivity contribution is 5.38. The maximum absolute atomic E-state index is 13.2. The van der Waals surface area contributed by atoms with Gasteiger partial charge in [0.05, 0.1) is 23.0 Å². The molecule has 2 atom stereocenters. The number of nitriles is 1.